The molecular formula is C63H114N5O11P. The SMILES string of the molecule is CC(=O)N1C(C)(C)CC(OC(=O)C2(C(=O)OC3CC(C)(C)N(C(C)=O)C(C)(C)C3)COC3(CCCCC3)OC2)CC1(C)C.CN1C(C)(C)CC(OP(OC2CC(C)(C)N(C)C(C)(C)C2)OC2CC(C)(C)N(C)C(C)(C)C2)CC1(C)C. The smallest absolute Gasteiger partial charge is 0.333 e. The third-order valence-corrected chi connectivity index (χ3v) is 22.0. The summed E-state index contributed by atoms with van der Waals surface area (Å²) in [7, 11) is 5.27. The van der Waals surface area contributed by atoms with Crippen molar-refractivity contribution in [2.24, 2.45) is 5.41 Å². The van der Waals surface area contributed by atoms with Gasteiger partial charge >= 0.3 is 20.5 Å². The molecule has 0 radical (unpaired) electrons. The standard InChI is InChI=1S/C33H54N2O8.C30H60N3O3P/c1-22(36)34-28(3,4)16-24(17-29(34,5)6)42-26(38)32(20-40-33(41-21-32)14-12-11-13-15-33)27(39)43-25-18-30(7,8)35(23(2)37)31(9,10)19-25;1-25(2)16-22(17-26(3,4)31(25)13)34-37(35-23-18-27(5,6)32(14)28(7,8)19-23)36-24-20-29(9,10)33(15)30(11,12)21-24/h24-25H,11-21H2,1-10H3;22-24H,16-21H2,1-15H3. The maximum absolute atomic E-state index is 14.2. The maximum Gasteiger partial charge on any atom is 0.333 e. The number of piperidine rings is 5. The van der Waals surface area contributed by atoms with Gasteiger partial charge in [0.2, 0.25) is 17.2 Å². The van der Waals surface area contributed by atoms with Crippen molar-refractivity contribution in [1.29, 1.82) is 0 Å². The van der Waals surface area contributed by atoms with Gasteiger partial charge in [-0.3, -0.25) is 33.9 Å². The number of nitrogens with zero attached hydrogens (tertiary/aromatic N) is 5. The zero-order valence-corrected chi connectivity index (χ0v) is 56.0. The molecule has 0 aromatic heterocycles. The Morgan fingerprint density at radius 2 is 0.613 bits per heavy atom. The van der Waals surface area contributed by atoms with Crippen molar-refractivity contribution in [3.8, 4) is 0 Å². The van der Waals surface area contributed by atoms with Crippen LogP contribution in [0.15, 0.2) is 0 Å². The molecule has 0 unspecified atom stereocenters. The molecule has 462 valence electrons. The van der Waals surface area contributed by atoms with Gasteiger partial charge in [-0.1, -0.05) is 6.42 Å². The maximum atomic E-state index is 14.2. The zero-order valence-electron chi connectivity index (χ0n) is 55.1. The van der Waals surface area contributed by atoms with Crippen LogP contribution < -0.4 is 0 Å². The Kier molecular flexibility index (Phi) is 19.3. The fraction of sp³-hybridized carbons (Fsp3) is 0.937. The topological polar surface area (TPSA) is 149 Å². The van der Waals surface area contributed by atoms with E-state index in [1.807, 2.05) is 65.2 Å². The molecular weight excluding hydrogens is 1030 g/mol. The van der Waals surface area contributed by atoms with Crippen LogP contribution in [0.2, 0.25) is 0 Å². The molecule has 16 nitrogen and oxygen atoms in total. The monoisotopic (exact) mass is 1150 g/mol. The van der Waals surface area contributed by atoms with E-state index in [0.29, 0.717) is 38.5 Å². The van der Waals surface area contributed by atoms with Gasteiger partial charge in [0, 0.05) is 108 Å². The van der Waals surface area contributed by atoms with E-state index in [0.717, 1.165) is 57.8 Å². The van der Waals surface area contributed by atoms with E-state index in [2.05, 4.69) is 119 Å². The number of hydrogen-bond donors (Lipinski definition) is 0. The Balaban J connectivity index is 0.000000261. The summed E-state index contributed by atoms with van der Waals surface area (Å²) in [6.45, 7) is 46.5. The minimum absolute atomic E-state index is 0.0339. The van der Waals surface area contributed by atoms with E-state index in [1.54, 1.807) is 13.8 Å². The largest absolute Gasteiger partial charge is 0.461 e. The molecule has 0 N–H and O–H groups in total. The Morgan fingerprint density at radius 1 is 0.375 bits per heavy atom. The molecule has 1 aliphatic carbocycles. The summed E-state index contributed by atoms with van der Waals surface area (Å²) >= 11 is 0. The number of ether oxygens (including phenoxy) is 4. The minimum atomic E-state index is -1.78. The van der Waals surface area contributed by atoms with Gasteiger partial charge in [0.15, 0.2) is 5.79 Å². The van der Waals surface area contributed by atoms with Crippen molar-refractivity contribution in [2.75, 3.05) is 34.4 Å². The number of carbonyl (C=O) groups excluding carboxylic acids is 4. The molecule has 2 amide bonds. The number of likely N-dealkylation sites (tertiary alicyclic amines) is 5. The lowest BCUT2D eigenvalue weighted by Crippen LogP contribution is -2.65. The molecule has 7 fully saturated rings. The first-order valence-corrected chi connectivity index (χ1v) is 31.6. The van der Waals surface area contributed by atoms with Crippen molar-refractivity contribution in [3.63, 3.8) is 0 Å². The average Bonchev–Trinajstić information content (AvgIpc) is 3.24. The normalized spacial score (nSPS) is 29.3. The van der Waals surface area contributed by atoms with Crippen LogP contribution >= 0.6 is 8.60 Å². The highest BCUT2D eigenvalue weighted by Crippen LogP contribution is 2.54. The zero-order chi connectivity index (χ0) is 60.6. The predicted molar refractivity (Wildman–Crippen MR) is 317 cm³/mol. The van der Waals surface area contributed by atoms with Crippen molar-refractivity contribution >= 4 is 32.4 Å². The molecule has 17 heteroatoms. The van der Waals surface area contributed by atoms with Crippen molar-refractivity contribution in [1.82, 2.24) is 24.5 Å². The number of esters is 2. The minimum Gasteiger partial charge on any atom is -0.461 e. The van der Waals surface area contributed by atoms with E-state index in [-0.39, 0.29) is 76.6 Å². The van der Waals surface area contributed by atoms with E-state index < -0.39 is 66.1 Å². The first-order chi connectivity index (χ1) is 36.1. The third-order valence-electron chi connectivity index (χ3n) is 20.6. The second-order valence-corrected chi connectivity index (χ2v) is 33.2. The third kappa shape index (κ3) is 14.4. The van der Waals surface area contributed by atoms with Crippen molar-refractivity contribution in [2.45, 2.75) is 340 Å². The molecule has 0 atom stereocenters. The second kappa shape index (κ2) is 23.0. The van der Waals surface area contributed by atoms with Crippen LogP contribution in [-0.4, -0.2) is 174 Å². The fourth-order valence-corrected chi connectivity index (χ4v) is 17.9. The van der Waals surface area contributed by atoms with Gasteiger partial charge in [-0.15, -0.1) is 0 Å². The van der Waals surface area contributed by atoms with Gasteiger partial charge in [0.05, 0.1) is 31.5 Å². The van der Waals surface area contributed by atoms with Crippen molar-refractivity contribution in [3.05, 3.63) is 0 Å². The molecule has 7 aliphatic rings. The van der Waals surface area contributed by atoms with Gasteiger partial charge in [0.1, 0.15) is 12.2 Å². The van der Waals surface area contributed by atoms with Gasteiger partial charge in [-0.05, 0) is 211 Å². The Labute approximate surface area is 486 Å². The molecule has 7 rings (SSSR count). The lowest BCUT2D eigenvalue weighted by molar-refractivity contribution is -0.312. The molecule has 0 bridgehead atoms. The Hall–Kier alpha value is -2.01. The van der Waals surface area contributed by atoms with Crippen molar-refractivity contribution < 1.29 is 51.7 Å². The molecule has 0 aromatic carbocycles. The van der Waals surface area contributed by atoms with Crippen LogP contribution in [0.4, 0.5) is 0 Å². The van der Waals surface area contributed by atoms with E-state index in [9.17, 15) is 19.2 Å². The molecule has 0 aromatic rings. The van der Waals surface area contributed by atoms with Crippen LogP contribution in [0.1, 0.15) is 249 Å². The predicted octanol–water partition coefficient (Wildman–Crippen LogP) is 12.1. The van der Waals surface area contributed by atoms with Gasteiger partial charge in [-0.2, -0.15) is 0 Å². The van der Waals surface area contributed by atoms with Gasteiger partial charge in [0.25, 0.3) is 0 Å². The summed E-state index contributed by atoms with van der Waals surface area (Å²) in [5.41, 5.74) is -3.65. The molecule has 6 heterocycles. The lowest BCUT2D eigenvalue weighted by atomic mass is 9.77. The van der Waals surface area contributed by atoms with Crippen LogP contribution in [-0.2, 0) is 51.7 Å². The molecule has 80 heavy (non-hydrogen) atoms. The first kappa shape index (κ1) is 67.1. The summed E-state index contributed by atoms with van der Waals surface area (Å²) in [6, 6.07) is 0. The fourth-order valence-electron chi connectivity index (χ4n) is 16.6. The number of rotatable bonds is 10. The van der Waals surface area contributed by atoms with Crippen LogP contribution in [0, 0.1) is 5.41 Å². The van der Waals surface area contributed by atoms with Gasteiger partial charge in [-0.25, -0.2) is 0 Å². The van der Waals surface area contributed by atoms with Gasteiger partial charge < -0.3 is 42.3 Å². The van der Waals surface area contributed by atoms with Crippen LogP contribution in [0.5, 0.6) is 0 Å². The Bertz CT molecular complexity index is 1960. The molecule has 1 saturated carbocycles. The average molecular weight is 1150 g/mol. The summed E-state index contributed by atoms with van der Waals surface area (Å²) in [5.74, 6) is -2.29. The molecule has 6 saturated heterocycles. The van der Waals surface area contributed by atoms with Crippen LogP contribution in [0.3, 0.4) is 0 Å². The number of amides is 2. The lowest BCUT2D eigenvalue weighted by Gasteiger charge is -2.55. The summed E-state index contributed by atoms with van der Waals surface area (Å²) in [6.07, 6.45) is 11.4. The highest BCUT2D eigenvalue weighted by Gasteiger charge is 2.60. The highest BCUT2D eigenvalue weighted by molar-refractivity contribution is 7.41. The summed E-state index contributed by atoms with van der Waals surface area (Å²) < 4.78 is 45.6. The number of carbonyl (C=O) groups is 4. The van der Waals surface area contributed by atoms with E-state index in [4.69, 9.17) is 32.5 Å². The quantitative estimate of drug-likeness (QED) is 0.116. The Morgan fingerprint density at radius 3 is 0.850 bits per heavy atom. The molecule has 6 aliphatic heterocycles. The van der Waals surface area contributed by atoms with E-state index >= 15 is 0 Å². The van der Waals surface area contributed by atoms with E-state index in [1.165, 1.54) is 0 Å². The number of hydrogen-bond acceptors (Lipinski definition) is 14. The van der Waals surface area contributed by atoms with Crippen LogP contribution in [0.25, 0.3) is 0 Å². The summed E-state index contributed by atoms with van der Waals surface area (Å²) in [4.78, 5) is 64.6. The first-order valence-electron chi connectivity index (χ1n) is 30.5. The molecule has 1 spiro atoms. The summed E-state index contributed by atoms with van der Waals surface area (Å²) in [5, 5.41) is 0. The highest BCUT2D eigenvalue weighted by atomic mass is 31.2. The second-order valence-electron chi connectivity index (χ2n) is 32.1.